The smallest absolute Gasteiger partial charge is 0.244 e. The summed E-state index contributed by atoms with van der Waals surface area (Å²) < 4.78 is 7.01. The number of likely N-dealkylation sites (tertiary alicyclic amines) is 2. The topological polar surface area (TPSA) is 50.6 Å². The number of rotatable bonds is 4. The van der Waals surface area contributed by atoms with E-state index in [0.29, 0.717) is 24.4 Å². The maximum absolute atomic E-state index is 12.7. The zero-order valence-corrected chi connectivity index (χ0v) is 16.9. The number of aryl methyl sites for hydroxylation is 1. The van der Waals surface area contributed by atoms with Crippen molar-refractivity contribution in [1.29, 1.82) is 0 Å². The van der Waals surface area contributed by atoms with Gasteiger partial charge in [-0.05, 0) is 43.1 Å². The van der Waals surface area contributed by atoms with Crippen LogP contribution < -0.4 is 4.74 Å². The summed E-state index contributed by atoms with van der Waals surface area (Å²) in [5.74, 6) is 2.06. The van der Waals surface area contributed by atoms with Crippen molar-refractivity contribution in [2.45, 2.75) is 19.5 Å². The molecule has 27 heavy (non-hydrogen) atoms. The number of carbonyl (C=O) groups excluding carboxylic acids is 1. The molecular weight excluding hydrogens is 364 g/mol. The summed E-state index contributed by atoms with van der Waals surface area (Å²) in [5, 5.41) is 4.24. The van der Waals surface area contributed by atoms with Crippen LogP contribution in [0.15, 0.2) is 36.7 Å². The van der Waals surface area contributed by atoms with E-state index in [-0.39, 0.29) is 18.3 Å². The van der Waals surface area contributed by atoms with E-state index in [1.54, 1.807) is 18.0 Å². The van der Waals surface area contributed by atoms with Crippen LogP contribution in [0.4, 0.5) is 0 Å². The minimum atomic E-state index is 0. The first-order valence-electron chi connectivity index (χ1n) is 9.16. The van der Waals surface area contributed by atoms with Crippen molar-refractivity contribution in [3.8, 4) is 5.75 Å². The second kappa shape index (κ2) is 7.90. The minimum absolute atomic E-state index is 0. The SMILES string of the molecule is COc1ccc([C@H]2[C@@H]3CN(C(=O)Cn4cc(C)cn4)C[C@@H]3CN2C)cc1.Cl. The number of methoxy groups -OCH3 is 1. The van der Waals surface area contributed by atoms with Crippen molar-refractivity contribution in [2.24, 2.45) is 11.8 Å². The molecule has 0 N–H and O–H groups in total. The summed E-state index contributed by atoms with van der Waals surface area (Å²) in [6.45, 7) is 5.03. The third-order valence-electron chi connectivity index (χ3n) is 5.76. The molecule has 0 aliphatic carbocycles. The first kappa shape index (κ1) is 19.7. The summed E-state index contributed by atoms with van der Waals surface area (Å²) in [5.41, 5.74) is 2.38. The van der Waals surface area contributed by atoms with Gasteiger partial charge in [0.15, 0.2) is 0 Å². The maximum Gasteiger partial charge on any atom is 0.244 e. The fourth-order valence-electron chi connectivity index (χ4n) is 4.56. The highest BCUT2D eigenvalue weighted by Crippen LogP contribution is 2.44. The van der Waals surface area contributed by atoms with Gasteiger partial charge in [-0.2, -0.15) is 5.10 Å². The Balaban J connectivity index is 0.00000210. The van der Waals surface area contributed by atoms with E-state index < -0.39 is 0 Å². The average molecular weight is 391 g/mol. The molecule has 146 valence electrons. The number of amides is 1. The molecule has 7 heteroatoms. The summed E-state index contributed by atoms with van der Waals surface area (Å²) in [6, 6.07) is 8.71. The number of carbonyl (C=O) groups is 1. The fourth-order valence-corrected chi connectivity index (χ4v) is 4.56. The van der Waals surface area contributed by atoms with Gasteiger partial charge in [-0.1, -0.05) is 12.1 Å². The lowest BCUT2D eigenvalue weighted by Gasteiger charge is -2.27. The van der Waals surface area contributed by atoms with Crippen molar-refractivity contribution >= 4 is 18.3 Å². The number of halogens is 1. The Labute approximate surface area is 166 Å². The molecule has 1 aromatic heterocycles. The van der Waals surface area contributed by atoms with Crippen LogP contribution in [0.3, 0.4) is 0 Å². The van der Waals surface area contributed by atoms with Gasteiger partial charge < -0.3 is 9.64 Å². The molecule has 3 heterocycles. The van der Waals surface area contributed by atoms with Crippen molar-refractivity contribution < 1.29 is 9.53 Å². The van der Waals surface area contributed by atoms with Gasteiger partial charge in [0.25, 0.3) is 0 Å². The number of aromatic nitrogens is 2. The van der Waals surface area contributed by atoms with E-state index in [9.17, 15) is 4.79 Å². The van der Waals surface area contributed by atoms with Crippen molar-refractivity contribution in [2.75, 3.05) is 33.8 Å². The molecule has 3 atom stereocenters. The largest absolute Gasteiger partial charge is 0.497 e. The fraction of sp³-hybridized carbons (Fsp3) is 0.500. The molecule has 2 fully saturated rings. The predicted octanol–water partition coefficient (Wildman–Crippen LogP) is 2.38. The molecule has 1 amide bonds. The van der Waals surface area contributed by atoms with E-state index >= 15 is 0 Å². The van der Waals surface area contributed by atoms with Crippen LogP contribution in [-0.4, -0.2) is 59.3 Å². The first-order chi connectivity index (χ1) is 12.5. The van der Waals surface area contributed by atoms with Crippen molar-refractivity contribution in [3.05, 3.63) is 47.8 Å². The Bertz CT molecular complexity index is 792. The highest BCUT2D eigenvalue weighted by molar-refractivity contribution is 5.85. The van der Waals surface area contributed by atoms with Gasteiger partial charge in [0.2, 0.25) is 5.91 Å². The van der Waals surface area contributed by atoms with E-state index in [2.05, 4.69) is 29.2 Å². The van der Waals surface area contributed by atoms with Gasteiger partial charge in [0, 0.05) is 37.8 Å². The lowest BCUT2D eigenvalue weighted by atomic mass is 9.89. The number of nitrogens with zero attached hydrogens (tertiary/aromatic N) is 4. The minimum Gasteiger partial charge on any atom is -0.497 e. The van der Waals surface area contributed by atoms with Crippen molar-refractivity contribution in [3.63, 3.8) is 0 Å². The molecule has 0 bridgehead atoms. The van der Waals surface area contributed by atoms with Gasteiger partial charge in [-0.25, -0.2) is 0 Å². The summed E-state index contributed by atoms with van der Waals surface area (Å²) >= 11 is 0. The van der Waals surface area contributed by atoms with E-state index in [1.165, 1.54) is 5.56 Å². The van der Waals surface area contributed by atoms with Crippen LogP contribution in [0.25, 0.3) is 0 Å². The van der Waals surface area contributed by atoms with E-state index in [0.717, 1.165) is 30.9 Å². The van der Waals surface area contributed by atoms with E-state index in [4.69, 9.17) is 4.74 Å². The second-order valence-corrected chi connectivity index (χ2v) is 7.60. The molecule has 6 nitrogen and oxygen atoms in total. The van der Waals surface area contributed by atoms with Gasteiger partial charge in [0.1, 0.15) is 12.3 Å². The molecule has 2 aliphatic rings. The third-order valence-corrected chi connectivity index (χ3v) is 5.76. The lowest BCUT2D eigenvalue weighted by Crippen LogP contribution is -2.35. The number of fused-ring (bicyclic) bond motifs is 1. The van der Waals surface area contributed by atoms with Crippen molar-refractivity contribution in [1.82, 2.24) is 19.6 Å². The molecule has 2 saturated heterocycles. The normalized spacial score (nSPS) is 24.6. The molecule has 0 saturated carbocycles. The highest BCUT2D eigenvalue weighted by Gasteiger charge is 2.47. The van der Waals surface area contributed by atoms with Crippen LogP contribution in [-0.2, 0) is 11.3 Å². The molecule has 1 aromatic carbocycles. The molecule has 0 spiro atoms. The number of hydrogen-bond donors (Lipinski definition) is 0. The Kier molecular flexibility index (Phi) is 5.77. The molecule has 2 aliphatic heterocycles. The first-order valence-corrected chi connectivity index (χ1v) is 9.16. The predicted molar refractivity (Wildman–Crippen MR) is 106 cm³/mol. The summed E-state index contributed by atoms with van der Waals surface area (Å²) in [4.78, 5) is 17.1. The zero-order chi connectivity index (χ0) is 18.3. The van der Waals surface area contributed by atoms with Crippen LogP contribution in [0.2, 0.25) is 0 Å². The van der Waals surface area contributed by atoms with Gasteiger partial charge in [-0.3, -0.25) is 14.4 Å². The molecule has 0 radical (unpaired) electrons. The Hall–Kier alpha value is -2.05. The number of benzene rings is 1. The molecule has 0 unspecified atom stereocenters. The van der Waals surface area contributed by atoms with Crippen LogP contribution in [0, 0.1) is 18.8 Å². The van der Waals surface area contributed by atoms with Crippen LogP contribution in [0.5, 0.6) is 5.75 Å². The Morgan fingerprint density at radius 2 is 1.96 bits per heavy atom. The van der Waals surface area contributed by atoms with Crippen LogP contribution >= 0.6 is 12.4 Å². The standard InChI is InChI=1S/C20H26N4O2.ClH/c1-14-8-21-24(9-14)13-19(25)23-11-16-10-22(2)20(18(16)12-23)15-4-6-17(26-3)7-5-15;/h4-9,16,18,20H,10-13H2,1-3H3;1H/t16-,18+,20-;/m0./s1. The lowest BCUT2D eigenvalue weighted by molar-refractivity contribution is -0.131. The van der Waals surface area contributed by atoms with Crippen LogP contribution in [0.1, 0.15) is 17.2 Å². The number of hydrogen-bond acceptors (Lipinski definition) is 4. The van der Waals surface area contributed by atoms with Gasteiger partial charge in [-0.15, -0.1) is 12.4 Å². The summed E-state index contributed by atoms with van der Waals surface area (Å²) in [7, 11) is 3.88. The summed E-state index contributed by atoms with van der Waals surface area (Å²) in [6.07, 6.45) is 3.71. The second-order valence-electron chi connectivity index (χ2n) is 7.60. The zero-order valence-electron chi connectivity index (χ0n) is 16.0. The highest BCUT2D eigenvalue weighted by atomic mass is 35.5. The monoisotopic (exact) mass is 390 g/mol. The quantitative estimate of drug-likeness (QED) is 0.804. The molecular formula is C20H27ClN4O2. The average Bonchev–Trinajstić information content (AvgIpc) is 3.29. The Morgan fingerprint density at radius 1 is 1.22 bits per heavy atom. The van der Waals surface area contributed by atoms with Gasteiger partial charge in [0.05, 0.1) is 13.3 Å². The third kappa shape index (κ3) is 3.82. The van der Waals surface area contributed by atoms with E-state index in [1.807, 2.05) is 30.2 Å². The Morgan fingerprint density at radius 3 is 2.59 bits per heavy atom. The van der Waals surface area contributed by atoms with Gasteiger partial charge >= 0.3 is 0 Å². The molecule has 4 rings (SSSR count). The number of ether oxygens (including phenoxy) is 1. The molecule has 2 aromatic rings. The maximum atomic E-state index is 12.7.